The second-order valence-corrected chi connectivity index (χ2v) is 8.96. The first-order valence-electron chi connectivity index (χ1n) is 9.56. The van der Waals surface area contributed by atoms with E-state index < -0.39 is 5.97 Å². The Hall–Kier alpha value is -1.58. The van der Waals surface area contributed by atoms with Crippen LogP contribution in [0.5, 0.6) is 0 Å². The number of aliphatic carboxylic acids is 1. The van der Waals surface area contributed by atoms with E-state index in [9.17, 15) is 14.7 Å². The molecule has 25 heavy (non-hydrogen) atoms. The summed E-state index contributed by atoms with van der Waals surface area (Å²) in [7, 11) is 1.57. The van der Waals surface area contributed by atoms with E-state index in [4.69, 9.17) is 4.74 Å². The van der Waals surface area contributed by atoms with Gasteiger partial charge in [-0.1, -0.05) is 19.4 Å². The lowest BCUT2D eigenvalue weighted by Crippen LogP contribution is -2.50. The number of allylic oxidation sites excluding steroid dienone is 3. The van der Waals surface area contributed by atoms with Crippen LogP contribution in [0.2, 0.25) is 0 Å². The second-order valence-electron chi connectivity index (χ2n) is 8.96. The largest absolute Gasteiger partial charge is 0.493 e. The smallest absolute Gasteiger partial charge is 0.307 e. The Balaban J connectivity index is 1.70. The minimum absolute atomic E-state index is 0.0131. The molecule has 4 nitrogen and oxygen atoms in total. The Bertz CT molecular complexity index is 690. The van der Waals surface area contributed by atoms with Crippen LogP contribution in [0.15, 0.2) is 23.5 Å². The van der Waals surface area contributed by atoms with E-state index in [1.165, 1.54) is 5.57 Å². The molecule has 0 bridgehead atoms. The van der Waals surface area contributed by atoms with Crippen LogP contribution in [-0.4, -0.2) is 24.0 Å². The van der Waals surface area contributed by atoms with Gasteiger partial charge in [0.25, 0.3) is 0 Å². The SMILES string of the molecule is COC1=C[C@@]2(C)C(=CC1=O)CC[C@H]1[C@@H]3CC[C@H](C(=O)O)[C@@]3(C)CC[C@@H]12. The number of carboxylic acid groups (broad SMARTS) is 1. The molecule has 3 saturated carbocycles. The standard InChI is InChI=1S/C21H28O4/c1-20-9-8-15-13(14(20)6-7-16(20)19(23)24)5-4-12-10-17(22)18(25-3)11-21(12,15)2/h10-11,13-16H,4-9H2,1-3H3,(H,23,24)/t13-,14-,15-,16+,20-,21-/m0/s1. The van der Waals surface area contributed by atoms with Crippen LogP contribution < -0.4 is 0 Å². The van der Waals surface area contributed by atoms with Crippen molar-refractivity contribution in [2.75, 3.05) is 7.11 Å². The first-order chi connectivity index (χ1) is 11.8. The van der Waals surface area contributed by atoms with Gasteiger partial charge in [0.15, 0.2) is 5.76 Å². The molecule has 0 amide bonds. The van der Waals surface area contributed by atoms with E-state index in [-0.39, 0.29) is 22.5 Å². The van der Waals surface area contributed by atoms with E-state index in [2.05, 4.69) is 19.9 Å². The van der Waals surface area contributed by atoms with Crippen LogP contribution in [0.1, 0.15) is 52.4 Å². The molecular weight excluding hydrogens is 316 g/mol. The van der Waals surface area contributed by atoms with Gasteiger partial charge in [-0.05, 0) is 73.8 Å². The molecule has 1 N–H and O–H groups in total. The molecule has 136 valence electrons. The van der Waals surface area contributed by atoms with Crippen LogP contribution in [0.25, 0.3) is 0 Å². The van der Waals surface area contributed by atoms with Gasteiger partial charge in [0.2, 0.25) is 5.78 Å². The van der Waals surface area contributed by atoms with Crippen molar-refractivity contribution < 1.29 is 19.4 Å². The number of carbonyl (C=O) groups is 2. The Kier molecular flexibility index (Phi) is 3.68. The molecule has 4 aliphatic carbocycles. The highest BCUT2D eigenvalue weighted by Crippen LogP contribution is 2.66. The van der Waals surface area contributed by atoms with E-state index in [0.717, 1.165) is 38.5 Å². The zero-order valence-corrected chi connectivity index (χ0v) is 15.4. The van der Waals surface area contributed by atoms with Gasteiger partial charge in [-0.3, -0.25) is 9.59 Å². The van der Waals surface area contributed by atoms with E-state index in [1.807, 2.05) is 0 Å². The topological polar surface area (TPSA) is 63.6 Å². The molecule has 0 unspecified atom stereocenters. The zero-order valence-electron chi connectivity index (χ0n) is 15.4. The third-order valence-electron chi connectivity index (χ3n) is 8.14. The van der Waals surface area contributed by atoms with Gasteiger partial charge in [0.05, 0.1) is 13.0 Å². The molecule has 0 saturated heterocycles. The first kappa shape index (κ1) is 16.9. The summed E-state index contributed by atoms with van der Waals surface area (Å²) >= 11 is 0. The van der Waals surface area contributed by atoms with Gasteiger partial charge in [0, 0.05) is 5.41 Å². The fourth-order valence-corrected chi connectivity index (χ4v) is 6.83. The normalized spacial score (nSPS) is 45.6. The summed E-state index contributed by atoms with van der Waals surface area (Å²) in [6.07, 6.45) is 9.76. The number of hydrogen-bond donors (Lipinski definition) is 1. The van der Waals surface area contributed by atoms with Gasteiger partial charge in [-0.25, -0.2) is 0 Å². The maximum atomic E-state index is 12.2. The van der Waals surface area contributed by atoms with Crippen molar-refractivity contribution in [1.82, 2.24) is 0 Å². The molecule has 6 atom stereocenters. The molecule has 4 heteroatoms. The van der Waals surface area contributed by atoms with Gasteiger partial charge >= 0.3 is 5.97 Å². The molecule has 0 aromatic heterocycles. The second kappa shape index (κ2) is 5.46. The van der Waals surface area contributed by atoms with Crippen LogP contribution in [0.3, 0.4) is 0 Å². The maximum Gasteiger partial charge on any atom is 0.307 e. The Morgan fingerprint density at radius 3 is 2.64 bits per heavy atom. The highest BCUT2D eigenvalue weighted by molar-refractivity contribution is 6.04. The van der Waals surface area contributed by atoms with Crippen molar-refractivity contribution in [3.05, 3.63) is 23.5 Å². The molecule has 0 aliphatic heterocycles. The summed E-state index contributed by atoms with van der Waals surface area (Å²) in [5.74, 6) is 1.17. The van der Waals surface area contributed by atoms with Crippen LogP contribution in [-0.2, 0) is 14.3 Å². The number of ether oxygens (including phenoxy) is 1. The highest BCUT2D eigenvalue weighted by atomic mass is 16.5. The summed E-state index contributed by atoms with van der Waals surface area (Å²) in [6.45, 7) is 4.47. The lowest BCUT2D eigenvalue weighted by atomic mass is 9.47. The minimum Gasteiger partial charge on any atom is -0.493 e. The monoisotopic (exact) mass is 344 g/mol. The average Bonchev–Trinajstić information content (AvgIpc) is 2.92. The van der Waals surface area contributed by atoms with Gasteiger partial charge < -0.3 is 9.84 Å². The van der Waals surface area contributed by atoms with Gasteiger partial charge in [-0.15, -0.1) is 0 Å². The van der Waals surface area contributed by atoms with E-state index in [0.29, 0.717) is 23.5 Å². The lowest BCUT2D eigenvalue weighted by molar-refractivity contribution is -0.148. The summed E-state index contributed by atoms with van der Waals surface area (Å²) in [5, 5.41) is 9.67. The van der Waals surface area contributed by atoms with Crippen LogP contribution >= 0.6 is 0 Å². The fourth-order valence-electron chi connectivity index (χ4n) is 6.83. The number of ketones is 1. The molecule has 3 fully saturated rings. The summed E-state index contributed by atoms with van der Waals surface area (Å²) in [6, 6.07) is 0. The molecule has 0 spiro atoms. The molecule has 0 aromatic rings. The van der Waals surface area contributed by atoms with Crippen molar-refractivity contribution in [2.24, 2.45) is 34.5 Å². The lowest BCUT2D eigenvalue weighted by Gasteiger charge is -2.56. The van der Waals surface area contributed by atoms with Crippen molar-refractivity contribution >= 4 is 11.8 Å². The van der Waals surface area contributed by atoms with Crippen molar-refractivity contribution in [3.8, 4) is 0 Å². The number of carboxylic acids is 1. The highest BCUT2D eigenvalue weighted by Gasteiger charge is 2.60. The summed E-state index contributed by atoms with van der Waals surface area (Å²) < 4.78 is 5.34. The number of hydrogen-bond acceptors (Lipinski definition) is 3. The van der Waals surface area contributed by atoms with E-state index in [1.54, 1.807) is 13.2 Å². The Labute approximate surface area is 149 Å². The summed E-state index contributed by atoms with van der Waals surface area (Å²) in [4.78, 5) is 24.0. The predicted molar refractivity (Wildman–Crippen MR) is 93.7 cm³/mol. The zero-order chi connectivity index (χ0) is 18.0. The van der Waals surface area contributed by atoms with Crippen molar-refractivity contribution in [2.45, 2.75) is 52.4 Å². The summed E-state index contributed by atoms with van der Waals surface area (Å²) in [5.41, 5.74) is 1.06. The van der Waals surface area contributed by atoms with Gasteiger partial charge in [0.1, 0.15) is 0 Å². The third kappa shape index (κ3) is 2.18. The Morgan fingerprint density at radius 1 is 1.20 bits per heavy atom. The van der Waals surface area contributed by atoms with Crippen LogP contribution in [0.4, 0.5) is 0 Å². The van der Waals surface area contributed by atoms with Crippen molar-refractivity contribution in [1.29, 1.82) is 0 Å². The number of rotatable bonds is 2. The number of methoxy groups -OCH3 is 1. The molecule has 4 rings (SSSR count). The quantitative estimate of drug-likeness (QED) is 0.823. The molecule has 4 aliphatic rings. The van der Waals surface area contributed by atoms with E-state index >= 15 is 0 Å². The Morgan fingerprint density at radius 2 is 1.96 bits per heavy atom. The molecule has 0 heterocycles. The first-order valence-corrected chi connectivity index (χ1v) is 9.56. The third-order valence-corrected chi connectivity index (χ3v) is 8.14. The number of fused-ring (bicyclic) bond motifs is 5. The molecule has 0 radical (unpaired) electrons. The fraction of sp³-hybridized carbons (Fsp3) is 0.714. The predicted octanol–water partition coefficient (Wildman–Crippen LogP) is 3.97. The van der Waals surface area contributed by atoms with Gasteiger partial charge in [-0.2, -0.15) is 0 Å². The van der Waals surface area contributed by atoms with Crippen molar-refractivity contribution in [3.63, 3.8) is 0 Å². The minimum atomic E-state index is -0.615. The number of carbonyl (C=O) groups excluding carboxylic acids is 1. The molecular formula is C21H28O4. The van der Waals surface area contributed by atoms with Crippen LogP contribution in [0, 0.1) is 34.5 Å². The molecule has 0 aromatic carbocycles. The maximum absolute atomic E-state index is 12.2. The average molecular weight is 344 g/mol.